The van der Waals surface area contributed by atoms with Crippen molar-refractivity contribution in [2.75, 3.05) is 6.26 Å². The zero-order chi connectivity index (χ0) is 28.8. The van der Waals surface area contributed by atoms with Gasteiger partial charge in [0.25, 0.3) is 0 Å². The lowest BCUT2D eigenvalue weighted by molar-refractivity contribution is -0.561. The smallest absolute Gasteiger partial charge is 0.408 e. The summed E-state index contributed by atoms with van der Waals surface area (Å²) in [6, 6.07) is 11.2. The first-order valence-corrected chi connectivity index (χ1v) is 14.0. The zero-order valence-electron chi connectivity index (χ0n) is 23.8. The summed E-state index contributed by atoms with van der Waals surface area (Å²) in [5.74, 6) is -0.693. The van der Waals surface area contributed by atoms with Crippen LogP contribution in [-0.2, 0) is 9.53 Å². The summed E-state index contributed by atoms with van der Waals surface area (Å²) in [6.45, 7) is 14.5. The van der Waals surface area contributed by atoms with Gasteiger partial charge in [0.1, 0.15) is 17.4 Å². The summed E-state index contributed by atoms with van der Waals surface area (Å²) < 4.78 is 11.4. The molecule has 0 fully saturated rings. The molecular weight excluding hydrogens is 504 g/mol. The minimum atomic E-state index is -2.32. The molecule has 0 aromatic heterocycles. The average Bonchev–Trinajstić information content (AvgIpc) is 2.82. The molecule has 8 nitrogen and oxygen atoms in total. The summed E-state index contributed by atoms with van der Waals surface area (Å²) in [5, 5.41) is 15.5. The van der Waals surface area contributed by atoms with E-state index in [0.29, 0.717) is 11.3 Å². The van der Waals surface area contributed by atoms with Crippen LogP contribution in [0.25, 0.3) is 0 Å². The highest BCUT2D eigenvalue weighted by atomic mass is 32.2. The molecule has 0 bridgehead atoms. The molecule has 2 atom stereocenters. The lowest BCUT2D eigenvalue weighted by Crippen LogP contribution is -2.58. The Labute approximate surface area is 230 Å². The van der Waals surface area contributed by atoms with Crippen LogP contribution in [0.5, 0.6) is 5.75 Å². The summed E-state index contributed by atoms with van der Waals surface area (Å²) in [4.78, 5) is 40.0. The van der Waals surface area contributed by atoms with Crippen molar-refractivity contribution >= 4 is 23.8 Å². The van der Waals surface area contributed by atoms with Gasteiger partial charge in [-0.3, -0.25) is 10.1 Å². The topological polar surface area (TPSA) is 108 Å². The number of amides is 1. The number of thioether (sulfide) groups is 1. The normalized spacial score (nSPS) is 14.1. The maximum absolute atomic E-state index is 14.0. The number of carbonyl (C=O) groups excluding carboxylic acids is 2. The number of carbonyl (C=O) groups is 2. The molecule has 0 saturated heterocycles. The number of nitro groups is 1. The Hall–Kier alpha value is -3.07. The van der Waals surface area contributed by atoms with Crippen molar-refractivity contribution in [3.63, 3.8) is 0 Å². The number of hydrogen-bond acceptors (Lipinski definition) is 7. The Balaban J connectivity index is 2.71. The predicted molar refractivity (Wildman–Crippen MR) is 151 cm³/mol. The number of esters is 1. The Morgan fingerprint density at radius 3 is 1.92 bits per heavy atom. The first-order valence-electron chi connectivity index (χ1n) is 12.8. The second-order valence-electron chi connectivity index (χ2n) is 10.9. The fourth-order valence-electron chi connectivity index (χ4n) is 4.26. The number of hydrogen-bond donors (Lipinski definition) is 1. The fraction of sp³-hybridized carbons (Fsp3) is 0.517. The van der Waals surface area contributed by atoms with E-state index in [9.17, 15) is 19.7 Å². The van der Waals surface area contributed by atoms with E-state index < -0.39 is 34.2 Å². The van der Waals surface area contributed by atoms with Crippen LogP contribution in [0.2, 0.25) is 0 Å². The van der Waals surface area contributed by atoms with Gasteiger partial charge < -0.3 is 14.8 Å². The third-order valence-electron chi connectivity index (χ3n) is 6.32. The number of nitrogens with zero attached hydrogens (tertiary/aromatic N) is 1. The van der Waals surface area contributed by atoms with Gasteiger partial charge in [0.2, 0.25) is 0 Å². The molecule has 208 valence electrons. The molecule has 9 heteroatoms. The van der Waals surface area contributed by atoms with Crippen LogP contribution in [-0.4, -0.2) is 34.4 Å². The Bertz CT molecular complexity index is 1110. The largest absolute Gasteiger partial charge is 0.444 e. The molecule has 2 aromatic carbocycles. The summed E-state index contributed by atoms with van der Waals surface area (Å²) in [7, 11) is 0. The summed E-state index contributed by atoms with van der Waals surface area (Å²) in [6.07, 6.45) is 0.813. The first-order chi connectivity index (χ1) is 17.7. The van der Waals surface area contributed by atoms with Crippen LogP contribution >= 0.6 is 11.8 Å². The van der Waals surface area contributed by atoms with Gasteiger partial charge in [-0.2, -0.15) is 0 Å². The number of para-hydroxylation sites is 1. The SMILES string of the molecule is CC[C@@](C(=O)Oc1c(C(C)C)cccc1C(C)C)(C(NC(=O)OC(C)(C)C)c1ccc(SC)cc1)[N+](=O)[O-]. The van der Waals surface area contributed by atoms with Crippen molar-refractivity contribution in [1.29, 1.82) is 0 Å². The second kappa shape index (κ2) is 12.7. The molecule has 2 rings (SSSR count). The van der Waals surface area contributed by atoms with Crippen LogP contribution in [0.1, 0.15) is 96.4 Å². The third kappa shape index (κ3) is 7.07. The molecule has 0 radical (unpaired) electrons. The van der Waals surface area contributed by atoms with Crippen molar-refractivity contribution in [2.24, 2.45) is 0 Å². The lowest BCUT2D eigenvalue weighted by Gasteiger charge is -2.32. The van der Waals surface area contributed by atoms with E-state index in [1.54, 1.807) is 52.0 Å². The van der Waals surface area contributed by atoms with Gasteiger partial charge in [-0.05, 0) is 67.7 Å². The standard InChI is InChI=1S/C29H40N2O6S/c1-10-29(31(34)35,26(32)36-24-22(18(2)3)12-11-13-23(24)19(4)5)25(30-27(33)37-28(6,7)8)20-14-16-21(38-9)17-15-20/h11-19,25H,10H2,1-9H3,(H,30,33)/t25?,29-/m0/s1. The fourth-order valence-corrected chi connectivity index (χ4v) is 4.67. The maximum atomic E-state index is 14.0. The molecule has 1 N–H and O–H groups in total. The number of rotatable bonds is 10. The number of nitrogens with one attached hydrogen (secondary N) is 1. The van der Waals surface area contributed by atoms with Gasteiger partial charge in [-0.25, -0.2) is 9.59 Å². The van der Waals surface area contributed by atoms with E-state index in [0.717, 1.165) is 16.0 Å². The second-order valence-corrected chi connectivity index (χ2v) is 11.7. The van der Waals surface area contributed by atoms with E-state index in [4.69, 9.17) is 9.47 Å². The highest BCUT2D eigenvalue weighted by Crippen LogP contribution is 2.39. The molecule has 0 aliphatic heterocycles. The van der Waals surface area contributed by atoms with Crippen molar-refractivity contribution in [2.45, 2.75) is 95.7 Å². The zero-order valence-corrected chi connectivity index (χ0v) is 24.6. The van der Waals surface area contributed by atoms with Crippen molar-refractivity contribution in [1.82, 2.24) is 5.32 Å². The lowest BCUT2D eigenvalue weighted by atomic mass is 9.83. The highest BCUT2D eigenvalue weighted by Gasteiger charge is 2.59. The Morgan fingerprint density at radius 2 is 1.53 bits per heavy atom. The van der Waals surface area contributed by atoms with Crippen LogP contribution in [0.3, 0.4) is 0 Å². The van der Waals surface area contributed by atoms with Gasteiger partial charge in [0.05, 0.1) is 0 Å². The van der Waals surface area contributed by atoms with Crippen molar-refractivity contribution in [3.05, 3.63) is 69.3 Å². The van der Waals surface area contributed by atoms with Gasteiger partial charge in [-0.1, -0.05) is 65.0 Å². The van der Waals surface area contributed by atoms with E-state index in [1.807, 2.05) is 52.1 Å². The Kier molecular flexibility index (Phi) is 10.4. The van der Waals surface area contributed by atoms with E-state index in [2.05, 4.69) is 5.32 Å². The van der Waals surface area contributed by atoms with E-state index in [1.165, 1.54) is 11.8 Å². The molecule has 0 heterocycles. The summed E-state index contributed by atoms with van der Waals surface area (Å²) >= 11 is 1.51. The van der Waals surface area contributed by atoms with Crippen molar-refractivity contribution in [3.8, 4) is 5.75 Å². The van der Waals surface area contributed by atoms with Crippen LogP contribution in [0.15, 0.2) is 47.4 Å². The molecule has 1 unspecified atom stereocenters. The van der Waals surface area contributed by atoms with Gasteiger partial charge in [0.15, 0.2) is 0 Å². The monoisotopic (exact) mass is 544 g/mol. The minimum absolute atomic E-state index is 0.0120. The number of benzene rings is 2. The average molecular weight is 545 g/mol. The van der Waals surface area contributed by atoms with E-state index >= 15 is 0 Å². The molecule has 0 spiro atoms. The molecular formula is C29H40N2O6S. The van der Waals surface area contributed by atoms with Crippen LogP contribution in [0, 0.1) is 10.1 Å². The summed E-state index contributed by atoms with van der Waals surface area (Å²) in [5.41, 5.74) is -1.22. The molecule has 0 aliphatic carbocycles. The Morgan fingerprint density at radius 1 is 1.00 bits per heavy atom. The highest BCUT2D eigenvalue weighted by molar-refractivity contribution is 7.98. The quantitative estimate of drug-likeness (QED) is 0.110. The van der Waals surface area contributed by atoms with Gasteiger partial charge in [-0.15, -0.1) is 11.8 Å². The molecule has 0 aliphatic rings. The maximum Gasteiger partial charge on any atom is 0.408 e. The first kappa shape index (κ1) is 31.1. The van der Waals surface area contributed by atoms with Gasteiger partial charge >= 0.3 is 17.6 Å². The minimum Gasteiger partial charge on any atom is -0.444 e. The van der Waals surface area contributed by atoms with Gasteiger partial charge in [0, 0.05) is 16.2 Å². The van der Waals surface area contributed by atoms with Crippen LogP contribution < -0.4 is 10.1 Å². The molecule has 2 aromatic rings. The van der Waals surface area contributed by atoms with E-state index in [-0.39, 0.29) is 18.3 Å². The van der Waals surface area contributed by atoms with Crippen molar-refractivity contribution < 1.29 is 24.0 Å². The third-order valence-corrected chi connectivity index (χ3v) is 7.06. The number of ether oxygens (including phenoxy) is 2. The molecule has 38 heavy (non-hydrogen) atoms. The molecule has 1 amide bonds. The number of alkyl carbamates (subject to hydrolysis) is 1. The predicted octanol–water partition coefficient (Wildman–Crippen LogP) is 7.25. The molecule has 0 saturated carbocycles. The van der Waals surface area contributed by atoms with Crippen LogP contribution in [0.4, 0.5) is 4.79 Å².